The zero-order valence-corrected chi connectivity index (χ0v) is 15.2. The predicted molar refractivity (Wildman–Crippen MR) is 96.9 cm³/mol. The molecule has 0 radical (unpaired) electrons. The molecule has 0 atom stereocenters. The van der Waals surface area contributed by atoms with Gasteiger partial charge < -0.3 is 0 Å². The standard InChI is InChI=1S/C16H22ClN3O3S/c1-24(22,23)20(15-10-6-7-13(17)11-15)12-16(21)19-18-14-8-4-2-3-5-9-14/h6-7,10-11H,2-5,8-9,12H2,1H3,(H,19,21). The van der Waals surface area contributed by atoms with Crippen molar-refractivity contribution in [3.05, 3.63) is 29.3 Å². The number of anilines is 1. The maximum Gasteiger partial charge on any atom is 0.260 e. The molecule has 1 aromatic rings. The minimum Gasteiger partial charge on any atom is -0.271 e. The summed E-state index contributed by atoms with van der Waals surface area (Å²) < 4.78 is 25.0. The van der Waals surface area contributed by atoms with Crippen molar-refractivity contribution in [2.75, 3.05) is 17.1 Å². The number of nitrogens with one attached hydrogen (secondary N) is 1. The minimum absolute atomic E-state index is 0.337. The average Bonchev–Trinajstić information content (AvgIpc) is 2.78. The second-order valence-corrected chi connectivity index (χ2v) is 8.22. The molecule has 132 valence electrons. The molecule has 0 aromatic heterocycles. The van der Waals surface area contributed by atoms with Gasteiger partial charge >= 0.3 is 0 Å². The Morgan fingerprint density at radius 1 is 1.25 bits per heavy atom. The van der Waals surface area contributed by atoms with Crippen molar-refractivity contribution in [2.45, 2.75) is 38.5 Å². The molecular formula is C16H22ClN3O3S. The van der Waals surface area contributed by atoms with Crippen molar-refractivity contribution < 1.29 is 13.2 Å². The largest absolute Gasteiger partial charge is 0.271 e. The van der Waals surface area contributed by atoms with Gasteiger partial charge in [-0.1, -0.05) is 30.5 Å². The van der Waals surface area contributed by atoms with E-state index in [1.54, 1.807) is 18.2 Å². The van der Waals surface area contributed by atoms with E-state index >= 15 is 0 Å². The number of rotatable bonds is 5. The normalized spacial score (nSPS) is 15.5. The first-order valence-corrected chi connectivity index (χ1v) is 10.2. The van der Waals surface area contributed by atoms with Crippen LogP contribution in [0.2, 0.25) is 5.02 Å². The molecule has 1 fully saturated rings. The molecule has 6 nitrogen and oxygen atoms in total. The van der Waals surface area contributed by atoms with Crippen LogP contribution in [0, 0.1) is 0 Å². The third-order valence-corrected chi connectivity index (χ3v) is 5.18. The molecule has 0 bridgehead atoms. The Kier molecular flexibility index (Phi) is 6.62. The lowest BCUT2D eigenvalue weighted by Gasteiger charge is -2.21. The first kappa shape index (κ1) is 18.7. The number of amides is 1. The molecule has 0 saturated heterocycles. The molecule has 1 N–H and O–H groups in total. The molecule has 0 aliphatic heterocycles. The van der Waals surface area contributed by atoms with Crippen molar-refractivity contribution in [1.82, 2.24) is 5.43 Å². The third kappa shape index (κ3) is 5.79. The highest BCUT2D eigenvalue weighted by molar-refractivity contribution is 7.92. The van der Waals surface area contributed by atoms with Crippen molar-refractivity contribution in [1.29, 1.82) is 0 Å². The van der Waals surface area contributed by atoms with E-state index in [0.717, 1.165) is 42.0 Å². The number of nitrogens with zero attached hydrogens (tertiary/aromatic N) is 2. The lowest BCUT2D eigenvalue weighted by Crippen LogP contribution is -2.39. The number of hydrazone groups is 1. The van der Waals surface area contributed by atoms with Crippen LogP contribution in [0.3, 0.4) is 0 Å². The van der Waals surface area contributed by atoms with Crippen LogP contribution < -0.4 is 9.73 Å². The molecule has 0 heterocycles. The van der Waals surface area contributed by atoms with E-state index in [-0.39, 0.29) is 6.54 Å². The summed E-state index contributed by atoms with van der Waals surface area (Å²) in [4.78, 5) is 12.1. The summed E-state index contributed by atoms with van der Waals surface area (Å²) in [6.45, 7) is -0.337. The van der Waals surface area contributed by atoms with Crippen LogP contribution in [-0.2, 0) is 14.8 Å². The highest BCUT2D eigenvalue weighted by atomic mass is 35.5. The smallest absolute Gasteiger partial charge is 0.260 e. The number of benzene rings is 1. The van der Waals surface area contributed by atoms with Gasteiger partial charge in [0.15, 0.2) is 0 Å². The Balaban J connectivity index is 2.06. The zero-order chi connectivity index (χ0) is 17.6. The predicted octanol–water partition coefficient (Wildman–Crippen LogP) is 2.93. The SMILES string of the molecule is CS(=O)(=O)N(CC(=O)NN=C1CCCCCC1)c1cccc(Cl)c1. The molecule has 0 unspecified atom stereocenters. The van der Waals surface area contributed by atoms with E-state index in [0.29, 0.717) is 10.7 Å². The number of carbonyl (C=O) groups is 1. The van der Waals surface area contributed by atoms with E-state index in [2.05, 4.69) is 10.5 Å². The summed E-state index contributed by atoms with van der Waals surface area (Å²) in [6, 6.07) is 6.38. The van der Waals surface area contributed by atoms with Crippen molar-refractivity contribution >= 4 is 38.9 Å². The van der Waals surface area contributed by atoms with E-state index in [9.17, 15) is 13.2 Å². The number of halogens is 1. The second kappa shape index (κ2) is 8.48. The van der Waals surface area contributed by atoms with Gasteiger partial charge in [-0.3, -0.25) is 9.10 Å². The van der Waals surface area contributed by atoms with Gasteiger partial charge in [0, 0.05) is 10.7 Å². The molecular weight excluding hydrogens is 350 g/mol. The number of hydrogen-bond acceptors (Lipinski definition) is 4. The monoisotopic (exact) mass is 371 g/mol. The summed E-state index contributed by atoms with van der Waals surface area (Å²) >= 11 is 5.91. The first-order valence-electron chi connectivity index (χ1n) is 7.94. The number of sulfonamides is 1. The maximum atomic E-state index is 12.1. The lowest BCUT2D eigenvalue weighted by molar-refractivity contribution is -0.119. The average molecular weight is 372 g/mol. The van der Waals surface area contributed by atoms with E-state index in [4.69, 9.17) is 11.6 Å². The Morgan fingerprint density at radius 2 is 1.92 bits per heavy atom. The van der Waals surface area contributed by atoms with Gasteiger partial charge in [-0.05, 0) is 43.9 Å². The highest BCUT2D eigenvalue weighted by Crippen LogP contribution is 2.21. The van der Waals surface area contributed by atoms with Gasteiger partial charge in [-0.25, -0.2) is 13.8 Å². The molecule has 1 aliphatic rings. The minimum atomic E-state index is -3.61. The topological polar surface area (TPSA) is 78.8 Å². The van der Waals surface area contributed by atoms with Crippen LogP contribution in [-0.4, -0.2) is 32.8 Å². The Bertz CT molecular complexity index is 709. The summed E-state index contributed by atoms with van der Waals surface area (Å²) in [7, 11) is -3.61. The quantitative estimate of drug-likeness (QED) is 0.638. The highest BCUT2D eigenvalue weighted by Gasteiger charge is 2.21. The first-order chi connectivity index (χ1) is 11.4. The Labute approximate surface area is 147 Å². The molecule has 1 aromatic carbocycles. The second-order valence-electron chi connectivity index (χ2n) is 5.88. The summed E-state index contributed by atoms with van der Waals surface area (Å²) in [6.07, 6.45) is 7.33. The molecule has 2 rings (SSSR count). The third-order valence-electron chi connectivity index (χ3n) is 3.80. The van der Waals surface area contributed by atoms with Crippen LogP contribution in [0.5, 0.6) is 0 Å². The molecule has 24 heavy (non-hydrogen) atoms. The molecule has 8 heteroatoms. The summed E-state index contributed by atoms with van der Waals surface area (Å²) in [5.41, 5.74) is 3.79. The van der Waals surface area contributed by atoms with Crippen LogP contribution in [0.25, 0.3) is 0 Å². The van der Waals surface area contributed by atoms with Gasteiger partial charge in [0.25, 0.3) is 5.91 Å². The van der Waals surface area contributed by atoms with Gasteiger partial charge in [0.2, 0.25) is 10.0 Å². The fourth-order valence-corrected chi connectivity index (χ4v) is 3.62. The van der Waals surface area contributed by atoms with E-state index in [1.807, 2.05) is 0 Å². The van der Waals surface area contributed by atoms with Gasteiger partial charge in [0.05, 0.1) is 11.9 Å². The summed E-state index contributed by atoms with van der Waals surface area (Å²) in [5.74, 6) is -0.475. The van der Waals surface area contributed by atoms with Crippen molar-refractivity contribution in [2.24, 2.45) is 5.10 Å². The van der Waals surface area contributed by atoms with Crippen LogP contribution in [0.1, 0.15) is 38.5 Å². The molecule has 1 saturated carbocycles. The molecule has 0 spiro atoms. The van der Waals surface area contributed by atoms with Gasteiger partial charge in [-0.15, -0.1) is 0 Å². The van der Waals surface area contributed by atoms with Gasteiger partial charge in [0.1, 0.15) is 6.54 Å². The van der Waals surface area contributed by atoms with Gasteiger partial charge in [-0.2, -0.15) is 5.10 Å². The molecule has 1 amide bonds. The van der Waals surface area contributed by atoms with Crippen LogP contribution >= 0.6 is 11.6 Å². The lowest BCUT2D eigenvalue weighted by atomic mass is 10.2. The number of hydrogen-bond donors (Lipinski definition) is 1. The van der Waals surface area contributed by atoms with Crippen molar-refractivity contribution in [3.63, 3.8) is 0 Å². The maximum absolute atomic E-state index is 12.1. The van der Waals surface area contributed by atoms with Crippen LogP contribution in [0.4, 0.5) is 5.69 Å². The van der Waals surface area contributed by atoms with E-state index < -0.39 is 15.9 Å². The van der Waals surface area contributed by atoms with E-state index in [1.165, 1.54) is 18.9 Å². The van der Waals surface area contributed by atoms with Crippen LogP contribution in [0.15, 0.2) is 29.4 Å². The Hall–Kier alpha value is -1.60. The fraction of sp³-hybridized carbons (Fsp3) is 0.500. The summed E-state index contributed by atoms with van der Waals surface area (Å²) in [5, 5.41) is 4.56. The Morgan fingerprint density at radius 3 is 2.50 bits per heavy atom. The number of carbonyl (C=O) groups excluding carboxylic acids is 1. The fourth-order valence-electron chi connectivity index (χ4n) is 2.59. The molecule has 1 aliphatic carbocycles. The zero-order valence-electron chi connectivity index (χ0n) is 13.7. The van der Waals surface area contributed by atoms with Crippen molar-refractivity contribution in [3.8, 4) is 0 Å².